The maximum Gasteiger partial charge on any atom is 0.182 e. The minimum Gasteiger partial charge on any atom is -0.317 e. The van der Waals surface area contributed by atoms with Crippen molar-refractivity contribution in [3.05, 3.63) is 16.4 Å². The molecular weight excluding hydrogens is 282 g/mol. The van der Waals surface area contributed by atoms with E-state index in [1.807, 2.05) is 7.05 Å². The number of aromatic nitrogens is 2. The van der Waals surface area contributed by atoms with E-state index in [0.717, 1.165) is 24.0 Å². The van der Waals surface area contributed by atoms with Crippen molar-refractivity contribution >= 4 is 21.7 Å². The lowest BCUT2D eigenvalue weighted by Gasteiger charge is -2.22. The normalized spacial score (nSPS) is 17.3. The maximum atomic E-state index is 12.1. The van der Waals surface area contributed by atoms with E-state index in [-0.39, 0.29) is 5.78 Å². The third kappa shape index (κ3) is 3.16. The number of carbonyl (C=O) groups is 1. The Kier molecular flexibility index (Phi) is 4.34. The van der Waals surface area contributed by atoms with Crippen LogP contribution in [0.5, 0.6) is 0 Å². The molecule has 2 rings (SSSR count). The fraction of sp³-hybridized carbons (Fsp3) is 0.667. The molecule has 1 aliphatic heterocycles. The number of hydrogen-bond donors (Lipinski definition) is 1. The number of aryl methyl sites for hydroxylation is 1. The standard InChI is InChI=1S/C12H18BrN3O/c1-16-12(10(13)8-15-16)11(17)3-2-9-4-6-14-7-5-9/h8-9,14H,2-7H2,1H3. The van der Waals surface area contributed by atoms with Gasteiger partial charge in [0, 0.05) is 13.5 Å². The number of Topliss-reactive ketones (excluding diaryl/α,β-unsaturated/α-hetero) is 1. The summed E-state index contributed by atoms with van der Waals surface area (Å²) in [4.78, 5) is 12.1. The van der Waals surface area contributed by atoms with Gasteiger partial charge in [0.05, 0.1) is 10.7 Å². The van der Waals surface area contributed by atoms with E-state index < -0.39 is 0 Å². The van der Waals surface area contributed by atoms with Crippen LogP contribution in [0.4, 0.5) is 0 Å². The van der Waals surface area contributed by atoms with Crippen LogP contribution in [-0.4, -0.2) is 28.7 Å². The number of rotatable bonds is 4. The largest absolute Gasteiger partial charge is 0.317 e. The van der Waals surface area contributed by atoms with E-state index >= 15 is 0 Å². The number of hydrogen-bond acceptors (Lipinski definition) is 3. The Hall–Kier alpha value is -0.680. The molecule has 1 aliphatic rings. The Balaban J connectivity index is 1.89. The quantitative estimate of drug-likeness (QED) is 0.867. The van der Waals surface area contributed by atoms with Crippen molar-refractivity contribution in [1.82, 2.24) is 15.1 Å². The van der Waals surface area contributed by atoms with Crippen molar-refractivity contribution in [2.24, 2.45) is 13.0 Å². The smallest absolute Gasteiger partial charge is 0.182 e. The van der Waals surface area contributed by atoms with E-state index in [1.54, 1.807) is 10.9 Å². The molecule has 0 aromatic carbocycles. The third-order valence-electron chi connectivity index (χ3n) is 3.40. The number of piperidine rings is 1. The fourth-order valence-electron chi connectivity index (χ4n) is 2.35. The first-order valence-electron chi connectivity index (χ1n) is 6.10. The zero-order chi connectivity index (χ0) is 12.3. The van der Waals surface area contributed by atoms with E-state index in [1.165, 1.54) is 12.8 Å². The van der Waals surface area contributed by atoms with Crippen LogP contribution in [0.15, 0.2) is 10.7 Å². The van der Waals surface area contributed by atoms with Crippen LogP contribution >= 0.6 is 15.9 Å². The molecular formula is C12H18BrN3O. The Labute approximate surface area is 110 Å². The van der Waals surface area contributed by atoms with Gasteiger partial charge in [0.1, 0.15) is 5.69 Å². The predicted molar refractivity (Wildman–Crippen MR) is 70.1 cm³/mol. The van der Waals surface area contributed by atoms with Gasteiger partial charge in [0.15, 0.2) is 5.78 Å². The van der Waals surface area contributed by atoms with Crippen molar-refractivity contribution in [3.8, 4) is 0 Å². The lowest BCUT2D eigenvalue weighted by atomic mass is 9.92. The van der Waals surface area contributed by atoms with Crippen molar-refractivity contribution < 1.29 is 4.79 Å². The Bertz CT molecular complexity index is 377. The van der Waals surface area contributed by atoms with Gasteiger partial charge >= 0.3 is 0 Å². The number of halogens is 1. The molecule has 0 unspecified atom stereocenters. The van der Waals surface area contributed by atoms with Crippen molar-refractivity contribution in [3.63, 3.8) is 0 Å². The maximum absolute atomic E-state index is 12.1. The van der Waals surface area contributed by atoms with Gasteiger partial charge in [-0.1, -0.05) is 0 Å². The van der Waals surface area contributed by atoms with Gasteiger partial charge in [-0.15, -0.1) is 0 Å². The van der Waals surface area contributed by atoms with Crippen LogP contribution in [0.1, 0.15) is 36.2 Å². The highest BCUT2D eigenvalue weighted by atomic mass is 79.9. The molecule has 0 radical (unpaired) electrons. The SMILES string of the molecule is Cn1ncc(Br)c1C(=O)CCC1CCNCC1. The van der Waals surface area contributed by atoms with Gasteiger partial charge in [-0.05, 0) is 54.2 Å². The minimum atomic E-state index is 0.190. The first kappa shape index (κ1) is 12.8. The zero-order valence-electron chi connectivity index (χ0n) is 10.1. The minimum absolute atomic E-state index is 0.190. The summed E-state index contributed by atoms with van der Waals surface area (Å²) in [6.45, 7) is 2.18. The first-order valence-corrected chi connectivity index (χ1v) is 6.89. The van der Waals surface area contributed by atoms with Crippen molar-refractivity contribution in [2.45, 2.75) is 25.7 Å². The second-order valence-corrected chi connectivity index (χ2v) is 5.47. The highest BCUT2D eigenvalue weighted by Gasteiger charge is 2.18. The van der Waals surface area contributed by atoms with E-state index in [0.29, 0.717) is 18.0 Å². The third-order valence-corrected chi connectivity index (χ3v) is 3.98. The van der Waals surface area contributed by atoms with Crippen LogP contribution in [-0.2, 0) is 7.05 Å². The van der Waals surface area contributed by atoms with Gasteiger partial charge < -0.3 is 5.32 Å². The molecule has 1 aromatic heterocycles. The van der Waals surface area contributed by atoms with Gasteiger partial charge in [-0.25, -0.2) is 0 Å². The number of ketones is 1. The molecule has 0 amide bonds. The lowest BCUT2D eigenvalue weighted by Crippen LogP contribution is -2.28. The molecule has 0 atom stereocenters. The highest BCUT2D eigenvalue weighted by molar-refractivity contribution is 9.10. The fourth-order valence-corrected chi connectivity index (χ4v) is 2.92. The topological polar surface area (TPSA) is 46.9 Å². The van der Waals surface area contributed by atoms with E-state index in [2.05, 4.69) is 26.3 Å². The molecule has 1 N–H and O–H groups in total. The number of nitrogens with zero attached hydrogens (tertiary/aromatic N) is 2. The predicted octanol–water partition coefficient (Wildman–Crippen LogP) is 2.15. The molecule has 17 heavy (non-hydrogen) atoms. The summed E-state index contributed by atoms with van der Waals surface area (Å²) in [6.07, 6.45) is 5.69. The van der Waals surface area contributed by atoms with Gasteiger partial charge in [-0.3, -0.25) is 9.48 Å². The summed E-state index contributed by atoms with van der Waals surface area (Å²) < 4.78 is 2.45. The Morgan fingerprint density at radius 2 is 2.29 bits per heavy atom. The highest BCUT2D eigenvalue weighted by Crippen LogP contribution is 2.22. The molecule has 5 heteroatoms. The van der Waals surface area contributed by atoms with Crippen LogP contribution in [0.3, 0.4) is 0 Å². The van der Waals surface area contributed by atoms with Crippen LogP contribution in [0.2, 0.25) is 0 Å². The molecule has 2 heterocycles. The molecule has 1 aromatic rings. The molecule has 0 saturated carbocycles. The molecule has 4 nitrogen and oxygen atoms in total. The molecule has 1 saturated heterocycles. The van der Waals surface area contributed by atoms with E-state index in [4.69, 9.17) is 0 Å². The second kappa shape index (κ2) is 5.78. The first-order chi connectivity index (χ1) is 8.18. The zero-order valence-corrected chi connectivity index (χ0v) is 11.7. The monoisotopic (exact) mass is 299 g/mol. The summed E-state index contributed by atoms with van der Waals surface area (Å²) >= 11 is 3.37. The van der Waals surface area contributed by atoms with E-state index in [9.17, 15) is 4.79 Å². The Morgan fingerprint density at radius 1 is 1.59 bits per heavy atom. The van der Waals surface area contributed by atoms with Gasteiger partial charge in [-0.2, -0.15) is 5.10 Å². The summed E-state index contributed by atoms with van der Waals surface area (Å²) in [7, 11) is 1.81. The molecule has 1 fully saturated rings. The summed E-state index contributed by atoms with van der Waals surface area (Å²) in [6, 6.07) is 0. The van der Waals surface area contributed by atoms with Gasteiger partial charge in [0.2, 0.25) is 0 Å². The van der Waals surface area contributed by atoms with Crippen molar-refractivity contribution in [1.29, 1.82) is 0 Å². The van der Waals surface area contributed by atoms with Gasteiger partial charge in [0.25, 0.3) is 0 Å². The Morgan fingerprint density at radius 3 is 2.88 bits per heavy atom. The van der Waals surface area contributed by atoms with Crippen LogP contribution in [0, 0.1) is 5.92 Å². The molecule has 0 bridgehead atoms. The van der Waals surface area contributed by atoms with Crippen LogP contribution in [0.25, 0.3) is 0 Å². The molecule has 94 valence electrons. The summed E-state index contributed by atoms with van der Waals surface area (Å²) in [5.41, 5.74) is 0.693. The molecule has 0 aliphatic carbocycles. The average molecular weight is 300 g/mol. The summed E-state index contributed by atoms with van der Waals surface area (Å²) in [5, 5.41) is 7.41. The second-order valence-electron chi connectivity index (χ2n) is 4.62. The summed E-state index contributed by atoms with van der Waals surface area (Å²) in [5.74, 6) is 0.891. The van der Waals surface area contributed by atoms with Crippen LogP contribution < -0.4 is 5.32 Å². The molecule has 0 spiro atoms. The average Bonchev–Trinajstić information content (AvgIpc) is 2.67. The number of carbonyl (C=O) groups excluding carboxylic acids is 1. The number of nitrogens with one attached hydrogen (secondary N) is 1. The lowest BCUT2D eigenvalue weighted by molar-refractivity contribution is 0.0961. The van der Waals surface area contributed by atoms with Crippen molar-refractivity contribution in [2.75, 3.05) is 13.1 Å².